The van der Waals surface area contributed by atoms with Gasteiger partial charge >= 0.3 is 5.97 Å². The second-order valence-corrected chi connectivity index (χ2v) is 15.5. The fourth-order valence-electron chi connectivity index (χ4n) is 8.17. The van der Waals surface area contributed by atoms with Crippen LogP contribution < -0.4 is 0 Å². The number of carbonyl (C=O) groups is 2. The molecule has 0 unspecified atom stereocenters. The van der Waals surface area contributed by atoms with Gasteiger partial charge in [-0.1, -0.05) is 67.7 Å². The molecule has 2 atom stereocenters. The third-order valence-electron chi connectivity index (χ3n) is 11.3. The molecule has 50 heavy (non-hydrogen) atoms. The zero-order valence-corrected chi connectivity index (χ0v) is 30.9. The Hall–Kier alpha value is -2.16. The molecule has 7 nitrogen and oxygen atoms in total. The van der Waals surface area contributed by atoms with Crippen molar-refractivity contribution in [3.8, 4) is 0 Å². The van der Waals surface area contributed by atoms with Gasteiger partial charge < -0.3 is 24.4 Å². The summed E-state index contributed by atoms with van der Waals surface area (Å²) in [7, 11) is 0. The fourth-order valence-corrected chi connectivity index (χ4v) is 8.42. The van der Waals surface area contributed by atoms with Gasteiger partial charge in [0.25, 0.3) is 0 Å². The molecule has 9 heteroatoms. The van der Waals surface area contributed by atoms with Crippen LogP contribution in [0.4, 0.5) is 0 Å². The molecule has 2 saturated carbocycles. The number of aliphatic hydroxyl groups is 1. The lowest BCUT2D eigenvalue weighted by Crippen LogP contribution is -2.54. The first-order valence-corrected chi connectivity index (χ1v) is 19.4. The number of piperidine rings is 2. The van der Waals surface area contributed by atoms with Crippen molar-refractivity contribution in [1.29, 1.82) is 0 Å². The number of halogens is 2. The van der Waals surface area contributed by atoms with Crippen LogP contribution >= 0.6 is 23.2 Å². The fraction of sp³-hybridized carbons (Fsp3) is 0.659. The van der Waals surface area contributed by atoms with E-state index in [9.17, 15) is 14.7 Å². The van der Waals surface area contributed by atoms with Gasteiger partial charge in [-0.05, 0) is 119 Å². The number of amides is 1. The summed E-state index contributed by atoms with van der Waals surface area (Å²) in [4.78, 5) is 29.7. The van der Waals surface area contributed by atoms with E-state index in [0.29, 0.717) is 36.1 Å². The molecular formula is C41H60Cl2N2O5. The van der Waals surface area contributed by atoms with E-state index in [1.54, 1.807) is 0 Å². The van der Waals surface area contributed by atoms with Crippen LogP contribution in [-0.4, -0.2) is 85.9 Å². The Morgan fingerprint density at radius 2 is 1.42 bits per heavy atom. The minimum absolute atomic E-state index is 0. The van der Waals surface area contributed by atoms with Crippen molar-refractivity contribution in [3.63, 3.8) is 0 Å². The van der Waals surface area contributed by atoms with Crippen molar-refractivity contribution in [3.05, 3.63) is 69.7 Å². The molecule has 2 aromatic rings. The van der Waals surface area contributed by atoms with Gasteiger partial charge in [0.1, 0.15) is 0 Å². The van der Waals surface area contributed by atoms with Crippen LogP contribution in [0.3, 0.4) is 0 Å². The van der Waals surface area contributed by atoms with Crippen molar-refractivity contribution in [2.24, 2.45) is 11.8 Å². The molecular weight excluding hydrogens is 671 g/mol. The van der Waals surface area contributed by atoms with Crippen LogP contribution in [0.15, 0.2) is 48.5 Å². The highest BCUT2D eigenvalue weighted by Gasteiger charge is 2.48. The van der Waals surface area contributed by atoms with E-state index < -0.39 is 5.41 Å². The molecule has 5 aliphatic rings. The summed E-state index contributed by atoms with van der Waals surface area (Å²) >= 11 is 12.0. The number of esters is 1. The Morgan fingerprint density at radius 3 is 1.92 bits per heavy atom. The van der Waals surface area contributed by atoms with Gasteiger partial charge in [-0.25, -0.2) is 0 Å². The van der Waals surface area contributed by atoms with Crippen LogP contribution in [-0.2, 0) is 29.9 Å². The normalized spacial score (nSPS) is 23.7. The highest BCUT2D eigenvalue weighted by atomic mass is 35.5. The van der Waals surface area contributed by atoms with Crippen LogP contribution in [0.2, 0.25) is 10.0 Å². The second-order valence-electron chi connectivity index (χ2n) is 14.7. The monoisotopic (exact) mass is 730 g/mol. The Labute approximate surface area is 311 Å². The standard InChI is InChI=1S/C19H24ClNO3.C17H24ClNO.C4H8O.CH4/c1-2-24-17(22)14-5-3-12-21(13-14)18(23)19(10-4-11-19)15-6-8-16(20)9-7-15;18-16-6-4-15(5-7-16)17(8-2-9-17)13-19-10-1-3-14(11-19)12-20;1-2-4-5-3-1;/h6-9,14H,2-5,10-13H2,1H3;4-7,14,20H,1-3,8-13H2;1-4H2;1H4/t2*14-;;/m11../s1. The van der Waals surface area contributed by atoms with Gasteiger partial charge in [-0.3, -0.25) is 9.59 Å². The first-order valence-electron chi connectivity index (χ1n) is 18.7. The average molecular weight is 732 g/mol. The van der Waals surface area contributed by atoms with Gasteiger partial charge in [-0.2, -0.15) is 0 Å². The summed E-state index contributed by atoms with van der Waals surface area (Å²) in [6, 6.07) is 16.1. The summed E-state index contributed by atoms with van der Waals surface area (Å²) in [5, 5.41) is 10.9. The van der Waals surface area contributed by atoms with E-state index in [2.05, 4.69) is 17.0 Å². The number of nitrogens with zero attached hydrogens (tertiary/aromatic N) is 2. The molecule has 5 fully saturated rings. The lowest BCUT2D eigenvalue weighted by atomic mass is 9.63. The maximum Gasteiger partial charge on any atom is 0.310 e. The van der Waals surface area contributed by atoms with Crippen LogP contribution in [0.5, 0.6) is 0 Å². The lowest BCUT2D eigenvalue weighted by molar-refractivity contribution is -0.153. The second kappa shape index (κ2) is 19.6. The number of likely N-dealkylation sites (tertiary alicyclic amines) is 2. The Bertz CT molecular complexity index is 1320. The molecule has 2 aliphatic carbocycles. The number of rotatable bonds is 8. The summed E-state index contributed by atoms with van der Waals surface area (Å²) in [5.74, 6) is 0.269. The SMILES string of the molecule is C.C1CCOC1.CCOC(=O)[C@@H]1CCCN(C(=O)C2(c3ccc(Cl)cc3)CCC2)C1.OC[C@@H]1CCCN(CC2(c3ccc(Cl)cc3)CCC2)C1. The quantitative estimate of drug-likeness (QED) is 0.275. The lowest BCUT2D eigenvalue weighted by Gasteiger charge is -2.47. The van der Waals surface area contributed by atoms with Gasteiger partial charge in [-0.15, -0.1) is 0 Å². The third kappa shape index (κ3) is 10.2. The molecule has 1 N–H and O–H groups in total. The Balaban J connectivity index is 0.000000196. The maximum absolute atomic E-state index is 13.3. The number of aliphatic hydroxyl groups excluding tert-OH is 1. The zero-order valence-electron chi connectivity index (χ0n) is 29.4. The molecule has 0 radical (unpaired) electrons. The molecule has 7 rings (SSSR count). The van der Waals surface area contributed by atoms with Crippen molar-refractivity contribution in [2.45, 2.75) is 102 Å². The molecule has 0 bridgehead atoms. The molecule has 0 aromatic heterocycles. The van der Waals surface area contributed by atoms with Gasteiger partial charge in [0.05, 0.1) is 17.9 Å². The minimum Gasteiger partial charge on any atom is -0.466 e. The van der Waals surface area contributed by atoms with E-state index in [1.165, 1.54) is 57.1 Å². The van der Waals surface area contributed by atoms with E-state index in [-0.39, 0.29) is 25.2 Å². The number of hydrogen-bond donors (Lipinski definition) is 1. The van der Waals surface area contributed by atoms with E-state index in [1.807, 2.05) is 48.2 Å². The number of benzene rings is 2. The molecule has 3 aliphatic heterocycles. The van der Waals surface area contributed by atoms with Gasteiger partial charge in [0.15, 0.2) is 0 Å². The average Bonchev–Trinajstić information content (AvgIpc) is 3.69. The third-order valence-corrected chi connectivity index (χ3v) is 11.8. The summed E-state index contributed by atoms with van der Waals surface area (Å²) < 4.78 is 10.1. The number of ether oxygens (including phenoxy) is 2. The number of carbonyl (C=O) groups excluding carboxylic acids is 2. The molecule has 3 saturated heterocycles. The smallest absolute Gasteiger partial charge is 0.310 e. The highest BCUT2D eigenvalue weighted by Crippen LogP contribution is 2.46. The first kappa shape index (κ1) is 40.6. The molecule has 3 heterocycles. The topological polar surface area (TPSA) is 79.3 Å². The predicted octanol–water partition coefficient (Wildman–Crippen LogP) is 8.46. The van der Waals surface area contributed by atoms with Crippen LogP contribution in [0, 0.1) is 11.8 Å². The Morgan fingerprint density at radius 1 is 0.820 bits per heavy atom. The van der Waals surface area contributed by atoms with Crippen molar-refractivity contribution in [1.82, 2.24) is 9.80 Å². The highest BCUT2D eigenvalue weighted by molar-refractivity contribution is 6.30. The summed E-state index contributed by atoms with van der Waals surface area (Å²) in [6.45, 7) is 9.13. The zero-order chi connectivity index (χ0) is 34.7. The van der Waals surface area contributed by atoms with E-state index in [4.69, 9.17) is 32.7 Å². The van der Waals surface area contributed by atoms with Crippen LogP contribution in [0.1, 0.15) is 103 Å². The van der Waals surface area contributed by atoms with Crippen molar-refractivity contribution < 1.29 is 24.2 Å². The Kier molecular flexibility index (Phi) is 15.9. The number of hydrogen-bond acceptors (Lipinski definition) is 6. The molecule has 278 valence electrons. The van der Waals surface area contributed by atoms with Gasteiger partial charge in [0, 0.05) is 61.5 Å². The van der Waals surface area contributed by atoms with Crippen molar-refractivity contribution in [2.75, 3.05) is 59.2 Å². The molecule has 0 spiro atoms. The van der Waals surface area contributed by atoms with Crippen LogP contribution in [0.25, 0.3) is 0 Å². The summed E-state index contributed by atoms with van der Waals surface area (Å²) in [6.07, 6.45) is 13.3. The summed E-state index contributed by atoms with van der Waals surface area (Å²) in [5.41, 5.74) is 2.39. The largest absolute Gasteiger partial charge is 0.466 e. The van der Waals surface area contributed by atoms with E-state index in [0.717, 1.165) is 75.5 Å². The molecule has 2 aromatic carbocycles. The minimum atomic E-state index is -0.429. The molecule has 1 amide bonds. The van der Waals surface area contributed by atoms with E-state index >= 15 is 0 Å². The van der Waals surface area contributed by atoms with Crippen molar-refractivity contribution >= 4 is 35.1 Å². The van der Waals surface area contributed by atoms with Gasteiger partial charge in [0.2, 0.25) is 5.91 Å². The maximum atomic E-state index is 13.3. The predicted molar refractivity (Wildman–Crippen MR) is 203 cm³/mol. The first-order chi connectivity index (χ1) is 23.8.